The minimum atomic E-state index is -1.07. The molecule has 2 fully saturated rings. The number of likely N-dealkylation sites (tertiary alicyclic amines) is 1. The minimum Gasteiger partial charge on any atom is -0.481 e. The summed E-state index contributed by atoms with van der Waals surface area (Å²) in [6.45, 7) is 3.51. The first-order chi connectivity index (χ1) is 12.5. The summed E-state index contributed by atoms with van der Waals surface area (Å²) in [5.74, 6) is -0.836. The molecule has 1 amide bonds. The van der Waals surface area contributed by atoms with Gasteiger partial charge in [-0.2, -0.15) is 0 Å². The van der Waals surface area contributed by atoms with Gasteiger partial charge < -0.3 is 14.9 Å². The number of hydrogen-bond acceptors (Lipinski definition) is 4. The van der Waals surface area contributed by atoms with Crippen molar-refractivity contribution in [2.75, 3.05) is 31.1 Å². The van der Waals surface area contributed by atoms with Gasteiger partial charge in [0.1, 0.15) is 11.2 Å². The van der Waals surface area contributed by atoms with E-state index < -0.39 is 17.3 Å². The maximum absolute atomic E-state index is 12.7. The predicted octanol–water partition coefficient (Wildman–Crippen LogP) is 2.65. The van der Waals surface area contributed by atoms with Crippen molar-refractivity contribution in [3.63, 3.8) is 0 Å². The van der Waals surface area contributed by atoms with Crippen LogP contribution in [0.5, 0.6) is 0 Å². The van der Waals surface area contributed by atoms with E-state index in [0.717, 1.165) is 11.8 Å². The Morgan fingerprint density at radius 1 is 1.35 bits per heavy atom. The summed E-state index contributed by atoms with van der Waals surface area (Å²) in [7, 11) is 0. The molecule has 3 heterocycles. The smallest absolute Gasteiger partial charge is 0.314 e. The number of amides is 1. The highest BCUT2D eigenvalue weighted by Gasteiger charge is 2.62. The Kier molecular flexibility index (Phi) is 4.03. The van der Waals surface area contributed by atoms with E-state index in [1.165, 1.54) is 0 Å². The molecule has 2 saturated heterocycles. The first-order valence-corrected chi connectivity index (χ1v) is 9.16. The number of pyridine rings is 1. The summed E-state index contributed by atoms with van der Waals surface area (Å²) in [6, 6.07) is 9.37. The molecule has 6 nitrogen and oxygen atoms in total. The highest BCUT2D eigenvalue weighted by molar-refractivity contribution is 6.35. The van der Waals surface area contributed by atoms with Crippen molar-refractivity contribution in [1.29, 1.82) is 0 Å². The molecule has 2 aliphatic rings. The van der Waals surface area contributed by atoms with Gasteiger partial charge in [-0.25, -0.2) is 4.98 Å². The molecule has 0 unspecified atom stereocenters. The number of aliphatic carboxylic acids is 1. The van der Waals surface area contributed by atoms with Crippen molar-refractivity contribution in [3.8, 4) is 0 Å². The van der Waals surface area contributed by atoms with E-state index in [0.29, 0.717) is 29.4 Å². The normalized spacial score (nSPS) is 25.2. The summed E-state index contributed by atoms with van der Waals surface area (Å²) in [5, 5.41) is 11.4. The van der Waals surface area contributed by atoms with Crippen LogP contribution in [-0.4, -0.2) is 53.0 Å². The number of nitrogens with zero attached hydrogens (tertiary/aromatic N) is 3. The lowest BCUT2D eigenvalue weighted by molar-refractivity contribution is -0.149. The molecule has 7 heteroatoms. The van der Waals surface area contributed by atoms with Crippen LogP contribution in [0.15, 0.2) is 30.3 Å². The highest BCUT2D eigenvalue weighted by atomic mass is 35.5. The lowest BCUT2D eigenvalue weighted by atomic mass is 9.81. The number of carboxylic acids is 1. The first kappa shape index (κ1) is 17.1. The standard InChI is InChI=1S/C19H20ClN3O3/c1-2-8-22-10-19(18(25)26)11-23(9-13(19)17(22)24)15-7-6-12-4-3-5-14(20)16(12)21-15/h3-7,13H,2,8-11H2,1H3,(H,25,26)/t13-,19+/m1/s1. The van der Waals surface area contributed by atoms with Crippen LogP contribution in [0.1, 0.15) is 13.3 Å². The SMILES string of the molecule is CCCN1C[C@]2(C(=O)O)CN(c3ccc4cccc(Cl)c4n3)C[C@@H]2C1=O. The third-order valence-corrected chi connectivity index (χ3v) is 5.83. The van der Waals surface area contributed by atoms with Crippen LogP contribution in [-0.2, 0) is 9.59 Å². The molecule has 0 saturated carbocycles. The van der Waals surface area contributed by atoms with E-state index in [9.17, 15) is 14.7 Å². The fourth-order valence-corrected chi connectivity index (χ4v) is 4.44. The largest absolute Gasteiger partial charge is 0.481 e. The number of hydrogen-bond donors (Lipinski definition) is 1. The molecule has 0 aliphatic carbocycles. The maximum Gasteiger partial charge on any atom is 0.314 e. The maximum atomic E-state index is 12.7. The topological polar surface area (TPSA) is 73.7 Å². The average molecular weight is 374 g/mol. The van der Waals surface area contributed by atoms with Gasteiger partial charge in [-0.3, -0.25) is 9.59 Å². The van der Waals surface area contributed by atoms with Gasteiger partial charge in [0, 0.05) is 31.6 Å². The number of anilines is 1. The lowest BCUT2D eigenvalue weighted by Crippen LogP contribution is -2.41. The summed E-state index contributed by atoms with van der Waals surface area (Å²) in [5.41, 5.74) is -0.379. The zero-order chi connectivity index (χ0) is 18.5. The van der Waals surface area contributed by atoms with E-state index in [1.807, 2.05) is 36.1 Å². The first-order valence-electron chi connectivity index (χ1n) is 8.78. The Labute approximate surface area is 156 Å². The number of fused-ring (bicyclic) bond motifs is 2. The molecule has 136 valence electrons. The van der Waals surface area contributed by atoms with E-state index in [1.54, 1.807) is 11.0 Å². The average Bonchev–Trinajstić information content (AvgIpc) is 3.12. The molecule has 4 rings (SSSR count). The zero-order valence-corrected chi connectivity index (χ0v) is 15.2. The summed E-state index contributed by atoms with van der Waals surface area (Å²) in [4.78, 5) is 33.1. The van der Waals surface area contributed by atoms with E-state index >= 15 is 0 Å². The number of rotatable bonds is 4. The number of aromatic nitrogens is 1. The predicted molar refractivity (Wildman–Crippen MR) is 99.4 cm³/mol. The van der Waals surface area contributed by atoms with Crippen molar-refractivity contribution >= 4 is 40.2 Å². The fraction of sp³-hybridized carbons (Fsp3) is 0.421. The molecule has 0 radical (unpaired) electrons. The Bertz CT molecular complexity index is 903. The molecule has 2 aliphatic heterocycles. The number of carbonyl (C=O) groups excluding carboxylic acids is 1. The monoisotopic (exact) mass is 373 g/mol. The van der Waals surface area contributed by atoms with E-state index in [-0.39, 0.29) is 19.0 Å². The number of carbonyl (C=O) groups is 2. The van der Waals surface area contributed by atoms with Gasteiger partial charge in [0.25, 0.3) is 0 Å². The molecule has 0 spiro atoms. The number of para-hydroxylation sites is 1. The zero-order valence-electron chi connectivity index (χ0n) is 14.5. The van der Waals surface area contributed by atoms with Crippen molar-refractivity contribution in [1.82, 2.24) is 9.88 Å². The van der Waals surface area contributed by atoms with Gasteiger partial charge in [-0.1, -0.05) is 30.7 Å². The lowest BCUT2D eigenvalue weighted by Gasteiger charge is -2.25. The molecule has 2 aromatic rings. The van der Waals surface area contributed by atoms with Crippen LogP contribution in [0.25, 0.3) is 10.9 Å². The Balaban J connectivity index is 1.68. The van der Waals surface area contributed by atoms with Crippen molar-refractivity contribution in [2.45, 2.75) is 13.3 Å². The van der Waals surface area contributed by atoms with Crippen LogP contribution < -0.4 is 4.90 Å². The Morgan fingerprint density at radius 2 is 2.15 bits per heavy atom. The van der Waals surface area contributed by atoms with Crippen LogP contribution in [0.4, 0.5) is 5.82 Å². The third-order valence-electron chi connectivity index (χ3n) is 5.53. The minimum absolute atomic E-state index is 0.0597. The quantitative estimate of drug-likeness (QED) is 0.891. The summed E-state index contributed by atoms with van der Waals surface area (Å²) < 4.78 is 0. The van der Waals surface area contributed by atoms with Gasteiger partial charge in [0.05, 0.1) is 16.5 Å². The molecule has 0 bridgehead atoms. The van der Waals surface area contributed by atoms with Crippen LogP contribution in [0.2, 0.25) is 5.02 Å². The number of carboxylic acid groups (broad SMARTS) is 1. The number of halogens is 1. The van der Waals surface area contributed by atoms with Gasteiger partial charge in [-0.05, 0) is 24.6 Å². The van der Waals surface area contributed by atoms with Crippen LogP contribution in [0, 0.1) is 11.3 Å². The second kappa shape index (κ2) is 6.13. The van der Waals surface area contributed by atoms with E-state index in [2.05, 4.69) is 4.98 Å². The van der Waals surface area contributed by atoms with Crippen molar-refractivity contribution < 1.29 is 14.7 Å². The van der Waals surface area contributed by atoms with Crippen molar-refractivity contribution in [2.24, 2.45) is 11.3 Å². The van der Waals surface area contributed by atoms with Gasteiger partial charge >= 0.3 is 5.97 Å². The van der Waals surface area contributed by atoms with Crippen LogP contribution >= 0.6 is 11.6 Å². The third kappa shape index (κ3) is 2.43. The number of benzene rings is 1. The summed E-state index contributed by atoms with van der Waals surface area (Å²) in [6.07, 6.45) is 0.822. The second-order valence-electron chi connectivity index (χ2n) is 7.14. The van der Waals surface area contributed by atoms with E-state index in [4.69, 9.17) is 11.6 Å². The van der Waals surface area contributed by atoms with Crippen molar-refractivity contribution in [3.05, 3.63) is 35.4 Å². The Morgan fingerprint density at radius 3 is 2.85 bits per heavy atom. The fourth-order valence-electron chi connectivity index (χ4n) is 4.22. The summed E-state index contributed by atoms with van der Waals surface area (Å²) >= 11 is 6.25. The second-order valence-corrected chi connectivity index (χ2v) is 7.54. The molecule has 1 N–H and O–H groups in total. The molecular weight excluding hydrogens is 354 g/mol. The van der Waals surface area contributed by atoms with Gasteiger partial charge in [0.2, 0.25) is 5.91 Å². The van der Waals surface area contributed by atoms with Crippen LogP contribution in [0.3, 0.4) is 0 Å². The molecular formula is C19H20ClN3O3. The van der Waals surface area contributed by atoms with Gasteiger partial charge in [0.15, 0.2) is 0 Å². The Hall–Kier alpha value is -2.34. The highest BCUT2D eigenvalue weighted by Crippen LogP contribution is 2.45. The molecule has 1 aromatic heterocycles. The molecule has 26 heavy (non-hydrogen) atoms. The molecule has 2 atom stereocenters. The molecule has 1 aromatic carbocycles. The van der Waals surface area contributed by atoms with Gasteiger partial charge in [-0.15, -0.1) is 0 Å².